The van der Waals surface area contributed by atoms with Gasteiger partial charge in [0.2, 0.25) is 0 Å². The summed E-state index contributed by atoms with van der Waals surface area (Å²) in [5.74, 6) is 0.924. The number of carbonyl (C=O) groups excluding carboxylic acids is 1. The monoisotopic (exact) mass is 437 g/mol. The Morgan fingerprint density at radius 1 is 0.879 bits per heavy atom. The third kappa shape index (κ3) is 4.14. The van der Waals surface area contributed by atoms with Gasteiger partial charge in [-0.3, -0.25) is 9.78 Å². The molecule has 0 saturated carbocycles. The molecule has 0 radical (unpaired) electrons. The van der Waals surface area contributed by atoms with Crippen molar-refractivity contribution in [2.75, 3.05) is 38.2 Å². The maximum absolute atomic E-state index is 13.6. The Balaban J connectivity index is 1.41. The number of methoxy groups -OCH3 is 1. The predicted octanol–water partition coefficient (Wildman–Crippen LogP) is 5.18. The van der Waals surface area contributed by atoms with Gasteiger partial charge in [0, 0.05) is 48.5 Å². The van der Waals surface area contributed by atoms with Crippen LogP contribution in [0.25, 0.3) is 22.0 Å². The van der Waals surface area contributed by atoms with Crippen molar-refractivity contribution in [1.29, 1.82) is 0 Å². The molecule has 33 heavy (non-hydrogen) atoms. The van der Waals surface area contributed by atoms with E-state index >= 15 is 0 Å². The first-order chi connectivity index (χ1) is 16.1. The van der Waals surface area contributed by atoms with Gasteiger partial charge in [0.25, 0.3) is 5.91 Å². The van der Waals surface area contributed by atoms with Gasteiger partial charge < -0.3 is 14.5 Å². The fourth-order valence-corrected chi connectivity index (χ4v) is 4.54. The summed E-state index contributed by atoms with van der Waals surface area (Å²) in [4.78, 5) is 22.7. The van der Waals surface area contributed by atoms with Crippen LogP contribution in [0.1, 0.15) is 16.1 Å². The lowest BCUT2D eigenvalue weighted by Gasteiger charge is -2.36. The summed E-state index contributed by atoms with van der Waals surface area (Å²) in [6.07, 6.45) is 0. The van der Waals surface area contributed by atoms with E-state index in [0.717, 1.165) is 57.8 Å². The molecule has 0 atom stereocenters. The highest BCUT2D eigenvalue weighted by Gasteiger charge is 2.24. The number of fused-ring (bicyclic) bond motifs is 1. The molecular formula is C28H27N3O2. The van der Waals surface area contributed by atoms with E-state index in [9.17, 15) is 4.79 Å². The molecule has 5 rings (SSSR count). The average molecular weight is 438 g/mol. The SMILES string of the molecule is COc1ccc(N2CCN(C(=O)c3cc(C)nc4c(-c5ccccc5)cccc34)CC2)cc1. The molecule has 0 spiro atoms. The second-order valence-corrected chi connectivity index (χ2v) is 8.36. The lowest BCUT2D eigenvalue weighted by molar-refractivity contribution is 0.0748. The molecule has 0 bridgehead atoms. The van der Waals surface area contributed by atoms with Crippen molar-refractivity contribution in [3.05, 3.63) is 90.1 Å². The molecule has 5 nitrogen and oxygen atoms in total. The van der Waals surface area contributed by atoms with E-state index in [1.165, 1.54) is 0 Å². The highest BCUT2D eigenvalue weighted by atomic mass is 16.5. The zero-order valence-electron chi connectivity index (χ0n) is 19.0. The van der Waals surface area contributed by atoms with Gasteiger partial charge in [-0.25, -0.2) is 0 Å². The summed E-state index contributed by atoms with van der Waals surface area (Å²) in [6.45, 7) is 4.93. The largest absolute Gasteiger partial charge is 0.497 e. The molecule has 166 valence electrons. The van der Waals surface area contributed by atoms with E-state index in [4.69, 9.17) is 9.72 Å². The Kier molecular flexibility index (Phi) is 5.69. The number of nitrogens with zero attached hydrogens (tertiary/aromatic N) is 3. The van der Waals surface area contributed by atoms with Crippen LogP contribution in [0.5, 0.6) is 5.75 Å². The van der Waals surface area contributed by atoms with Gasteiger partial charge in [0.1, 0.15) is 5.75 Å². The number of ether oxygens (including phenoxy) is 1. The number of carbonyl (C=O) groups is 1. The van der Waals surface area contributed by atoms with Crippen LogP contribution in [-0.4, -0.2) is 49.1 Å². The van der Waals surface area contributed by atoms with Crippen LogP contribution in [0, 0.1) is 6.92 Å². The molecule has 1 saturated heterocycles. The lowest BCUT2D eigenvalue weighted by atomic mass is 9.98. The molecule has 1 fully saturated rings. The summed E-state index contributed by atoms with van der Waals surface area (Å²) >= 11 is 0. The fourth-order valence-electron chi connectivity index (χ4n) is 4.54. The summed E-state index contributed by atoms with van der Waals surface area (Å²) in [5.41, 5.74) is 5.77. The van der Waals surface area contributed by atoms with Gasteiger partial charge in [0.15, 0.2) is 0 Å². The first-order valence-electron chi connectivity index (χ1n) is 11.3. The number of piperazine rings is 1. The molecule has 4 aromatic rings. The van der Waals surface area contributed by atoms with Crippen LogP contribution < -0.4 is 9.64 Å². The molecule has 0 unspecified atom stereocenters. The van der Waals surface area contributed by atoms with Crippen molar-refractivity contribution in [2.45, 2.75) is 6.92 Å². The van der Waals surface area contributed by atoms with Crippen molar-refractivity contribution < 1.29 is 9.53 Å². The van der Waals surface area contributed by atoms with E-state index in [0.29, 0.717) is 13.1 Å². The normalized spacial score (nSPS) is 13.9. The first-order valence-corrected chi connectivity index (χ1v) is 11.3. The molecule has 1 aromatic heterocycles. The number of aryl methyl sites for hydroxylation is 1. The van der Waals surface area contributed by atoms with E-state index in [-0.39, 0.29) is 5.91 Å². The minimum atomic E-state index is 0.0742. The first kappa shape index (κ1) is 21.0. The Bertz CT molecular complexity index is 1280. The van der Waals surface area contributed by atoms with Crippen LogP contribution in [0.4, 0.5) is 5.69 Å². The van der Waals surface area contributed by atoms with Gasteiger partial charge in [-0.15, -0.1) is 0 Å². The second-order valence-electron chi connectivity index (χ2n) is 8.36. The van der Waals surface area contributed by atoms with Gasteiger partial charge in [-0.2, -0.15) is 0 Å². The van der Waals surface area contributed by atoms with Crippen LogP contribution in [0.3, 0.4) is 0 Å². The summed E-state index contributed by atoms with van der Waals surface area (Å²) < 4.78 is 5.26. The highest BCUT2D eigenvalue weighted by molar-refractivity contribution is 6.09. The summed E-state index contributed by atoms with van der Waals surface area (Å²) in [7, 11) is 1.67. The molecule has 1 aliphatic rings. The van der Waals surface area contributed by atoms with Crippen LogP contribution in [-0.2, 0) is 0 Å². The third-order valence-electron chi connectivity index (χ3n) is 6.29. The van der Waals surface area contributed by atoms with Crippen molar-refractivity contribution in [2.24, 2.45) is 0 Å². The van der Waals surface area contributed by atoms with E-state index in [1.54, 1.807) is 7.11 Å². The number of amides is 1. The molecule has 0 aliphatic carbocycles. The van der Waals surface area contributed by atoms with E-state index < -0.39 is 0 Å². The van der Waals surface area contributed by atoms with Crippen molar-refractivity contribution in [3.63, 3.8) is 0 Å². The quantitative estimate of drug-likeness (QED) is 0.441. The van der Waals surface area contributed by atoms with Gasteiger partial charge in [-0.1, -0.05) is 48.5 Å². The average Bonchev–Trinajstić information content (AvgIpc) is 2.88. The number of para-hydroxylation sites is 1. The maximum Gasteiger partial charge on any atom is 0.254 e. The molecule has 2 heterocycles. The number of pyridine rings is 1. The molecule has 0 N–H and O–H groups in total. The van der Waals surface area contributed by atoms with E-state index in [1.807, 2.05) is 60.4 Å². The number of hydrogen-bond acceptors (Lipinski definition) is 4. The fraction of sp³-hybridized carbons (Fsp3) is 0.214. The topological polar surface area (TPSA) is 45.7 Å². The minimum absolute atomic E-state index is 0.0742. The molecule has 5 heteroatoms. The van der Waals surface area contributed by atoms with Crippen LogP contribution in [0.15, 0.2) is 78.9 Å². The highest BCUT2D eigenvalue weighted by Crippen LogP contribution is 2.30. The maximum atomic E-state index is 13.6. The van der Waals surface area contributed by atoms with E-state index in [2.05, 4.69) is 35.2 Å². The summed E-state index contributed by atoms with van der Waals surface area (Å²) in [5, 5.41) is 0.907. The van der Waals surface area contributed by atoms with Gasteiger partial charge in [-0.05, 0) is 42.8 Å². The predicted molar refractivity (Wildman–Crippen MR) is 133 cm³/mol. The number of anilines is 1. The third-order valence-corrected chi connectivity index (χ3v) is 6.29. The lowest BCUT2D eigenvalue weighted by Crippen LogP contribution is -2.48. The van der Waals surface area contributed by atoms with Crippen molar-refractivity contribution >= 4 is 22.5 Å². The zero-order valence-corrected chi connectivity index (χ0v) is 19.0. The number of rotatable bonds is 4. The van der Waals surface area contributed by atoms with Crippen LogP contribution in [0.2, 0.25) is 0 Å². The Labute approximate surface area is 194 Å². The molecule has 1 amide bonds. The second kappa shape index (κ2) is 8.94. The van der Waals surface area contributed by atoms with Gasteiger partial charge >= 0.3 is 0 Å². The number of benzene rings is 3. The molecule has 1 aliphatic heterocycles. The Morgan fingerprint density at radius 3 is 2.30 bits per heavy atom. The Hall–Kier alpha value is -3.86. The molecular weight excluding hydrogens is 410 g/mol. The number of hydrogen-bond donors (Lipinski definition) is 0. The zero-order chi connectivity index (χ0) is 22.8. The molecule has 3 aromatic carbocycles. The smallest absolute Gasteiger partial charge is 0.254 e. The number of aromatic nitrogens is 1. The summed E-state index contributed by atoms with van der Waals surface area (Å²) in [6, 6.07) is 26.3. The van der Waals surface area contributed by atoms with Gasteiger partial charge in [0.05, 0.1) is 18.2 Å². The van der Waals surface area contributed by atoms with Crippen molar-refractivity contribution in [1.82, 2.24) is 9.88 Å². The van der Waals surface area contributed by atoms with Crippen molar-refractivity contribution in [3.8, 4) is 16.9 Å². The standard InChI is InChI=1S/C28H27N3O2/c1-20-19-26(25-10-6-9-24(27(25)29-20)21-7-4-3-5-8-21)28(32)31-17-15-30(16-18-31)22-11-13-23(33-2)14-12-22/h3-14,19H,15-18H2,1-2H3. The minimum Gasteiger partial charge on any atom is -0.497 e. The Morgan fingerprint density at radius 2 is 1.61 bits per heavy atom. The van der Waals surface area contributed by atoms with Crippen LogP contribution >= 0.6 is 0 Å².